The number of aromatic nitrogens is 2. The highest BCUT2D eigenvalue weighted by atomic mass is 19.4. The molecule has 28 heavy (non-hydrogen) atoms. The van der Waals surface area contributed by atoms with Gasteiger partial charge in [0.25, 0.3) is 0 Å². The van der Waals surface area contributed by atoms with Gasteiger partial charge in [0, 0.05) is 19.3 Å². The third-order valence-electron chi connectivity index (χ3n) is 3.74. The second-order valence-electron chi connectivity index (χ2n) is 5.69. The van der Waals surface area contributed by atoms with Crippen LogP contribution in [-0.2, 0) is 11.0 Å². The average molecular weight is 392 g/mol. The lowest BCUT2D eigenvalue weighted by Crippen LogP contribution is -2.34. The number of carbonyl (C=O) groups excluding carboxylic acids is 1. The van der Waals surface area contributed by atoms with Gasteiger partial charge in [-0.2, -0.15) is 13.2 Å². The lowest BCUT2D eigenvalue weighted by Gasteiger charge is -2.26. The predicted molar refractivity (Wildman–Crippen MR) is 98.5 cm³/mol. The summed E-state index contributed by atoms with van der Waals surface area (Å²) >= 11 is 0. The van der Waals surface area contributed by atoms with Gasteiger partial charge in [-0.1, -0.05) is 25.3 Å². The van der Waals surface area contributed by atoms with Crippen molar-refractivity contribution in [1.29, 1.82) is 0 Å². The Labute approximate surface area is 160 Å². The normalized spacial score (nSPS) is 15.4. The maximum Gasteiger partial charge on any atom is 0.451 e. The van der Waals surface area contributed by atoms with Crippen molar-refractivity contribution in [2.45, 2.75) is 19.5 Å². The summed E-state index contributed by atoms with van der Waals surface area (Å²) in [7, 11) is 0. The molecular weight excluding hydrogens is 373 g/mol. The van der Waals surface area contributed by atoms with Crippen LogP contribution in [0.3, 0.4) is 0 Å². The van der Waals surface area contributed by atoms with Gasteiger partial charge in [0.2, 0.25) is 11.7 Å². The SMILES string of the molecule is C=CC(=O)N1CC=C(C(=N/C=C\C)C(=C)Oc2cnc(C(F)(F)F)nc2)CC1. The summed E-state index contributed by atoms with van der Waals surface area (Å²) in [6, 6.07) is 0. The van der Waals surface area contributed by atoms with Crippen molar-refractivity contribution >= 4 is 11.6 Å². The smallest absolute Gasteiger partial charge is 0.451 e. The first-order chi connectivity index (χ1) is 13.3. The Morgan fingerprint density at radius 1 is 1.36 bits per heavy atom. The number of amides is 1. The van der Waals surface area contributed by atoms with Crippen molar-refractivity contribution in [3.63, 3.8) is 0 Å². The van der Waals surface area contributed by atoms with Gasteiger partial charge in [-0.25, -0.2) is 9.97 Å². The zero-order chi connectivity index (χ0) is 20.7. The van der Waals surface area contributed by atoms with Crippen LogP contribution in [0.25, 0.3) is 0 Å². The maximum atomic E-state index is 12.6. The van der Waals surface area contributed by atoms with E-state index in [2.05, 4.69) is 28.1 Å². The van der Waals surface area contributed by atoms with Gasteiger partial charge >= 0.3 is 6.18 Å². The van der Waals surface area contributed by atoms with E-state index in [-0.39, 0.29) is 17.4 Å². The van der Waals surface area contributed by atoms with Crippen LogP contribution < -0.4 is 4.74 Å². The number of hydrogen-bond donors (Lipinski definition) is 0. The quantitative estimate of drug-likeness (QED) is 0.421. The molecule has 0 atom stereocenters. The minimum atomic E-state index is -4.63. The largest absolute Gasteiger partial charge is 0.452 e. The molecule has 1 aliphatic rings. The summed E-state index contributed by atoms with van der Waals surface area (Å²) in [4.78, 5) is 24.1. The van der Waals surface area contributed by atoms with Crippen LogP contribution in [0.2, 0.25) is 0 Å². The molecule has 0 radical (unpaired) electrons. The molecule has 0 fully saturated rings. The fourth-order valence-electron chi connectivity index (χ4n) is 2.40. The highest BCUT2D eigenvalue weighted by Gasteiger charge is 2.34. The van der Waals surface area contributed by atoms with Crippen LogP contribution in [0.4, 0.5) is 13.2 Å². The van der Waals surface area contributed by atoms with E-state index in [1.54, 1.807) is 24.1 Å². The van der Waals surface area contributed by atoms with Crippen LogP contribution >= 0.6 is 0 Å². The maximum absolute atomic E-state index is 12.6. The van der Waals surface area contributed by atoms with E-state index in [9.17, 15) is 18.0 Å². The number of hydrogen-bond acceptors (Lipinski definition) is 5. The van der Waals surface area contributed by atoms with E-state index < -0.39 is 12.0 Å². The van der Waals surface area contributed by atoms with E-state index in [0.717, 1.165) is 18.0 Å². The van der Waals surface area contributed by atoms with Crippen molar-refractivity contribution in [1.82, 2.24) is 14.9 Å². The minimum Gasteiger partial charge on any atom is -0.452 e. The number of rotatable bonds is 6. The van der Waals surface area contributed by atoms with Crippen molar-refractivity contribution in [2.24, 2.45) is 4.99 Å². The van der Waals surface area contributed by atoms with Crippen LogP contribution in [0, 0.1) is 0 Å². The molecule has 1 aromatic heterocycles. The molecule has 2 rings (SSSR count). The Morgan fingerprint density at radius 2 is 2.04 bits per heavy atom. The van der Waals surface area contributed by atoms with Gasteiger partial charge < -0.3 is 9.64 Å². The van der Waals surface area contributed by atoms with E-state index in [4.69, 9.17) is 4.74 Å². The lowest BCUT2D eigenvalue weighted by atomic mass is 10.0. The second kappa shape index (κ2) is 9.12. The molecule has 0 unspecified atom stereocenters. The Hall–Kier alpha value is -3.23. The number of allylic oxidation sites excluding steroid dienone is 2. The van der Waals surface area contributed by atoms with Crippen molar-refractivity contribution < 1.29 is 22.7 Å². The first-order valence-corrected chi connectivity index (χ1v) is 8.32. The molecule has 2 heterocycles. The summed E-state index contributed by atoms with van der Waals surface area (Å²) in [5, 5.41) is 0. The Kier molecular flexibility index (Phi) is 6.86. The molecule has 0 aliphatic carbocycles. The Morgan fingerprint density at radius 3 is 2.54 bits per heavy atom. The first kappa shape index (κ1) is 21.1. The fourth-order valence-corrected chi connectivity index (χ4v) is 2.40. The van der Waals surface area contributed by atoms with Gasteiger partial charge in [-0.15, -0.1) is 0 Å². The van der Waals surface area contributed by atoms with Crippen LogP contribution in [-0.4, -0.2) is 39.6 Å². The molecular formula is C19H19F3N4O2. The van der Waals surface area contributed by atoms with Gasteiger partial charge in [-0.3, -0.25) is 9.79 Å². The first-order valence-electron chi connectivity index (χ1n) is 8.32. The van der Waals surface area contributed by atoms with Gasteiger partial charge in [-0.05, 0) is 25.0 Å². The van der Waals surface area contributed by atoms with E-state index in [0.29, 0.717) is 25.2 Å². The molecule has 0 saturated carbocycles. The molecule has 1 aromatic rings. The zero-order valence-corrected chi connectivity index (χ0v) is 15.2. The van der Waals surface area contributed by atoms with Gasteiger partial charge in [0.15, 0.2) is 5.75 Å². The lowest BCUT2D eigenvalue weighted by molar-refractivity contribution is -0.145. The topological polar surface area (TPSA) is 67.7 Å². The number of aliphatic imine (C=N–C) groups is 1. The van der Waals surface area contributed by atoms with Crippen molar-refractivity contribution in [2.75, 3.05) is 13.1 Å². The monoisotopic (exact) mass is 392 g/mol. The summed E-state index contributed by atoms with van der Waals surface area (Å²) in [5.41, 5.74) is 1.24. The molecule has 0 saturated heterocycles. The minimum absolute atomic E-state index is 0.00560. The fraction of sp³-hybridized carbons (Fsp3) is 0.263. The summed E-state index contributed by atoms with van der Waals surface area (Å²) in [5.74, 6) is -1.28. The second-order valence-corrected chi connectivity index (χ2v) is 5.69. The summed E-state index contributed by atoms with van der Waals surface area (Å²) < 4.78 is 43.2. The molecule has 148 valence electrons. The summed E-state index contributed by atoms with van der Waals surface area (Å²) in [6.07, 6.45) is 4.08. The summed E-state index contributed by atoms with van der Waals surface area (Å²) in [6.45, 7) is 9.92. The number of nitrogens with zero attached hydrogens (tertiary/aromatic N) is 4. The third kappa shape index (κ3) is 5.38. The molecule has 0 aromatic carbocycles. The average Bonchev–Trinajstić information content (AvgIpc) is 2.68. The molecule has 0 bridgehead atoms. The third-order valence-corrected chi connectivity index (χ3v) is 3.74. The number of alkyl halides is 3. The van der Waals surface area contributed by atoms with Crippen molar-refractivity contribution in [3.8, 4) is 5.75 Å². The molecule has 0 N–H and O–H groups in total. The van der Waals surface area contributed by atoms with Crippen LogP contribution in [0.1, 0.15) is 19.2 Å². The zero-order valence-electron chi connectivity index (χ0n) is 15.2. The standard InChI is InChI=1S/C19H19F3N4O2/c1-4-8-23-17(14-6-9-26(10-7-14)16(27)5-2)13(3)28-15-11-24-18(25-12-15)19(20,21)22/h4-6,8,11-12H,2-3,7,9-10H2,1H3/b8-4-,23-17?. The van der Waals surface area contributed by atoms with Crippen LogP contribution in [0.15, 0.2) is 66.3 Å². The van der Waals surface area contributed by atoms with Gasteiger partial charge in [0.1, 0.15) is 11.5 Å². The Bertz CT molecular complexity index is 840. The van der Waals surface area contributed by atoms with E-state index in [1.165, 1.54) is 6.08 Å². The highest BCUT2D eigenvalue weighted by molar-refractivity contribution is 6.11. The number of carbonyl (C=O) groups is 1. The molecule has 9 heteroatoms. The van der Waals surface area contributed by atoms with Gasteiger partial charge in [0.05, 0.1) is 12.4 Å². The van der Waals surface area contributed by atoms with Crippen LogP contribution in [0.5, 0.6) is 5.75 Å². The molecule has 0 spiro atoms. The van der Waals surface area contributed by atoms with E-state index in [1.807, 2.05) is 6.08 Å². The Balaban J connectivity index is 2.17. The number of halogens is 3. The molecule has 1 amide bonds. The molecule has 1 aliphatic heterocycles. The van der Waals surface area contributed by atoms with E-state index >= 15 is 0 Å². The highest BCUT2D eigenvalue weighted by Crippen LogP contribution is 2.27. The predicted octanol–water partition coefficient (Wildman–Crippen LogP) is 3.71. The number of ether oxygens (including phenoxy) is 1. The van der Waals surface area contributed by atoms with Crippen molar-refractivity contribution in [3.05, 3.63) is 67.1 Å². The molecule has 6 nitrogen and oxygen atoms in total.